The first-order valence-corrected chi connectivity index (χ1v) is 11.5. The molecule has 1 saturated heterocycles. The highest BCUT2D eigenvalue weighted by Gasteiger charge is 2.41. The molecule has 2 fully saturated rings. The fraction of sp³-hybridized carbons (Fsp3) is 0.739. The molecule has 3 rings (SSSR count). The smallest absolute Gasteiger partial charge is 0.391 e. The largest absolute Gasteiger partial charge is 0.491 e. The van der Waals surface area contributed by atoms with Crippen LogP contribution in [0.25, 0.3) is 0 Å². The van der Waals surface area contributed by atoms with E-state index in [2.05, 4.69) is 5.32 Å². The number of ether oxygens (including phenoxy) is 2. The van der Waals surface area contributed by atoms with Crippen molar-refractivity contribution < 1.29 is 22.6 Å². The summed E-state index contributed by atoms with van der Waals surface area (Å²) in [6.07, 6.45) is 2.04. The molecule has 0 aromatic heterocycles. The lowest BCUT2D eigenvalue weighted by molar-refractivity contribution is -0.179. The Bertz CT molecular complexity index is 671. The summed E-state index contributed by atoms with van der Waals surface area (Å²) in [6, 6.07) is 6.68. The predicted octanol–water partition coefficient (Wildman–Crippen LogP) is 4.95. The van der Waals surface area contributed by atoms with E-state index in [9.17, 15) is 13.2 Å². The van der Waals surface area contributed by atoms with Crippen LogP contribution in [-0.2, 0) is 4.74 Å². The van der Waals surface area contributed by atoms with E-state index >= 15 is 0 Å². The fourth-order valence-electron chi connectivity index (χ4n) is 4.46. The molecular formula is C23H36F3N3O2. The van der Waals surface area contributed by atoms with Gasteiger partial charge in [-0.1, -0.05) is 0 Å². The molecule has 0 amide bonds. The lowest BCUT2D eigenvalue weighted by atomic mass is 9.91. The Morgan fingerprint density at radius 3 is 2.35 bits per heavy atom. The average Bonchev–Trinajstić information content (AvgIpc) is 2.75. The molecular weight excluding hydrogens is 407 g/mol. The molecule has 1 saturated carbocycles. The Morgan fingerprint density at radius 1 is 1.03 bits per heavy atom. The van der Waals surface area contributed by atoms with Gasteiger partial charge in [-0.25, -0.2) is 0 Å². The van der Waals surface area contributed by atoms with Gasteiger partial charge in [-0.05, 0) is 63.5 Å². The van der Waals surface area contributed by atoms with Crippen LogP contribution in [0.4, 0.5) is 24.5 Å². The number of hydrogen-bond acceptors (Lipinski definition) is 5. The zero-order chi connectivity index (χ0) is 22.3. The minimum absolute atomic E-state index is 0.124. The van der Waals surface area contributed by atoms with Crippen LogP contribution in [0.2, 0.25) is 0 Å². The molecule has 1 aromatic carbocycles. The summed E-state index contributed by atoms with van der Waals surface area (Å²) in [7, 11) is 1.68. The van der Waals surface area contributed by atoms with Crippen LogP contribution in [0, 0.1) is 5.92 Å². The zero-order valence-corrected chi connectivity index (χ0v) is 18.4. The quantitative estimate of drug-likeness (QED) is 0.529. The first kappa shape index (κ1) is 24.0. The number of hydrogen-bond donors (Lipinski definition) is 2. The normalized spacial score (nSPS) is 23.1. The third kappa shape index (κ3) is 7.17. The fourth-order valence-corrected chi connectivity index (χ4v) is 4.46. The molecule has 2 aliphatic rings. The maximum Gasteiger partial charge on any atom is 0.391 e. The third-order valence-corrected chi connectivity index (χ3v) is 6.40. The van der Waals surface area contributed by atoms with E-state index < -0.39 is 12.1 Å². The van der Waals surface area contributed by atoms with Crippen molar-refractivity contribution in [2.24, 2.45) is 11.7 Å². The number of nitrogens with two attached hydrogens (primary N) is 1. The minimum atomic E-state index is -4.11. The molecule has 1 aromatic rings. The number of unbranched alkanes of at least 4 members (excludes halogenated alkanes) is 1. The number of nitrogens with one attached hydrogen (secondary N) is 1. The van der Waals surface area contributed by atoms with Gasteiger partial charge in [0, 0.05) is 50.6 Å². The number of anilines is 2. The Balaban J connectivity index is 1.66. The summed E-state index contributed by atoms with van der Waals surface area (Å²) in [4.78, 5) is 2.02. The van der Waals surface area contributed by atoms with Crippen LogP contribution >= 0.6 is 0 Å². The van der Waals surface area contributed by atoms with Gasteiger partial charge < -0.3 is 25.4 Å². The number of rotatable bonds is 9. The second-order valence-corrected chi connectivity index (χ2v) is 8.79. The predicted molar refractivity (Wildman–Crippen MR) is 118 cm³/mol. The Kier molecular flexibility index (Phi) is 8.72. The molecule has 1 aliphatic carbocycles. The summed E-state index contributed by atoms with van der Waals surface area (Å²) in [5.74, 6) is -0.471. The first-order chi connectivity index (χ1) is 14.9. The maximum absolute atomic E-state index is 13.0. The van der Waals surface area contributed by atoms with Crippen molar-refractivity contribution in [3.8, 4) is 5.75 Å². The second kappa shape index (κ2) is 11.3. The summed E-state index contributed by atoms with van der Waals surface area (Å²) in [6.45, 7) is 2.01. The SMILES string of the molecule is COCCCCOc1cc(NC2CCC(N)CC2)ccc1N1CCC(C(F)(F)F)CC1. The lowest BCUT2D eigenvalue weighted by Crippen LogP contribution is -2.39. The van der Waals surface area contributed by atoms with Crippen LogP contribution in [0.5, 0.6) is 5.75 Å². The third-order valence-electron chi connectivity index (χ3n) is 6.40. The number of piperidine rings is 1. The molecule has 176 valence electrons. The molecule has 1 heterocycles. The summed E-state index contributed by atoms with van der Waals surface area (Å²) in [5.41, 5.74) is 7.88. The highest BCUT2D eigenvalue weighted by Crippen LogP contribution is 2.39. The van der Waals surface area contributed by atoms with Gasteiger partial charge in [0.05, 0.1) is 18.2 Å². The first-order valence-electron chi connectivity index (χ1n) is 11.5. The summed E-state index contributed by atoms with van der Waals surface area (Å²) in [5, 5.41) is 3.59. The van der Waals surface area contributed by atoms with Gasteiger partial charge in [0.2, 0.25) is 0 Å². The monoisotopic (exact) mass is 443 g/mol. The van der Waals surface area contributed by atoms with Gasteiger partial charge in [-0.2, -0.15) is 13.2 Å². The van der Waals surface area contributed by atoms with Crippen LogP contribution in [0.1, 0.15) is 51.4 Å². The van der Waals surface area contributed by atoms with Gasteiger partial charge in [-0.3, -0.25) is 0 Å². The van der Waals surface area contributed by atoms with Crippen LogP contribution in [0.3, 0.4) is 0 Å². The van der Waals surface area contributed by atoms with E-state index in [1.54, 1.807) is 7.11 Å². The van der Waals surface area contributed by atoms with E-state index in [1.807, 2.05) is 23.1 Å². The summed E-state index contributed by atoms with van der Waals surface area (Å²) < 4.78 is 50.3. The molecule has 0 atom stereocenters. The van der Waals surface area contributed by atoms with Crippen molar-refractivity contribution in [1.29, 1.82) is 0 Å². The van der Waals surface area contributed by atoms with Crippen molar-refractivity contribution in [2.45, 2.75) is 69.6 Å². The average molecular weight is 444 g/mol. The Morgan fingerprint density at radius 2 is 1.71 bits per heavy atom. The van der Waals surface area contributed by atoms with Gasteiger partial charge in [0.1, 0.15) is 5.75 Å². The number of nitrogens with zero attached hydrogens (tertiary/aromatic N) is 1. The number of benzene rings is 1. The molecule has 0 bridgehead atoms. The zero-order valence-electron chi connectivity index (χ0n) is 18.4. The highest BCUT2D eigenvalue weighted by molar-refractivity contribution is 5.65. The number of methoxy groups -OCH3 is 1. The van der Waals surface area contributed by atoms with E-state index in [4.69, 9.17) is 15.2 Å². The molecule has 5 nitrogen and oxygen atoms in total. The van der Waals surface area contributed by atoms with E-state index in [0.717, 1.165) is 55.6 Å². The van der Waals surface area contributed by atoms with Crippen LogP contribution in [0.15, 0.2) is 18.2 Å². The van der Waals surface area contributed by atoms with Gasteiger partial charge in [-0.15, -0.1) is 0 Å². The molecule has 0 spiro atoms. The van der Waals surface area contributed by atoms with Crippen LogP contribution in [-0.4, -0.2) is 51.7 Å². The van der Waals surface area contributed by atoms with E-state index in [-0.39, 0.29) is 12.8 Å². The summed E-state index contributed by atoms with van der Waals surface area (Å²) >= 11 is 0. The Labute approximate surface area is 183 Å². The van der Waals surface area contributed by atoms with Crippen molar-refractivity contribution in [2.75, 3.05) is 43.6 Å². The maximum atomic E-state index is 13.0. The number of halogens is 3. The van der Waals surface area contributed by atoms with Crippen molar-refractivity contribution in [3.63, 3.8) is 0 Å². The van der Waals surface area contributed by atoms with Gasteiger partial charge in [0.15, 0.2) is 0 Å². The van der Waals surface area contributed by atoms with Gasteiger partial charge in [0.25, 0.3) is 0 Å². The van der Waals surface area contributed by atoms with Crippen molar-refractivity contribution in [1.82, 2.24) is 0 Å². The molecule has 0 unspecified atom stereocenters. The van der Waals surface area contributed by atoms with Crippen molar-refractivity contribution >= 4 is 11.4 Å². The molecule has 0 radical (unpaired) electrons. The van der Waals surface area contributed by atoms with E-state index in [0.29, 0.717) is 38.4 Å². The Hall–Kier alpha value is -1.67. The topological polar surface area (TPSA) is 59.8 Å². The standard InChI is InChI=1S/C23H36F3N3O2/c1-30-14-2-3-15-31-22-16-20(28-19-6-4-18(27)5-7-19)8-9-21(22)29-12-10-17(11-13-29)23(24,25)26/h8-9,16-19,28H,2-7,10-15,27H2,1H3. The van der Waals surface area contributed by atoms with Gasteiger partial charge >= 0.3 is 6.18 Å². The number of alkyl halides is 3. The lowest BCUT2D eigenvalue weighted by Gasteiger charge is -2.35. The minimum Gasteiger partial charge on any atom is -0.491 e. The molecule has 3 N–H and O–H groups in total. The molecule has 8 heteroatoms. The molecule has 1 aliphatic heterocycles. The van der Waals surface area contributed by atoms with Crippen LogP contribution < -0.4 is 20.7 Å². The second-order valence-electron chi connectivity index (χ2n) is 8.79. The van der Waals surface area contributed by atoms with Crippen molar-refractivity contribution in [3.05, 3.63) is 18.2 Å². The highest BCUT2D eigenvalue weighted by atomic mass is 19.4. The molecule has 31 heavy (non-hydrogen) atoms. The van der Waals surface area contributed by atoms with E-state index in [1.165, 1.54) is 0 Å².